The van der Waals surface area contributed by atoms with Crippen LogP contribution in [0.5, 0.6) is 0 Å². The van der Waals surface area contributed by atoms with Crippen molar-refractivity contribution in [2.24, 2.45) is 5.73 Å². The lowest BCUT2D eigenvalue weighted by molar-refractivity contribution is 0.0965. The first-order valence-corrected chi connectivity index (χ1v) is 6.59. The predicted octanol–water partition coefficient (Wildman–Crippen LogP) is 2.74. The van der Waals surface area contributed by atoms with Gasteiger partial charge in [-0.05, 0) is 25.1 Å². The summed E-state index contributed by atoms with van der Waals surface area (Å²) in [6.07, 6.45) is 1.51. The lowest BCUT2D eigenvalue weighted by Gasteiger charge is -2.04. The van der Waals surface area contributed by atoms with E-state index < -0.39 is 5.91 Å². The van der Waals surface area contributed by atoms with Crippen molar-refractivity contribution in [2.45, 2.75) is 6.92 Å². The van der Waals surface area contributed by atoms with Crippen LogP contribution < -0.4 is 5.73 Å². The zero-order valence-corrected chi connectivity index (χ0v) is 11.5. The smallest absolute Gasteiger partial charge is 0.262 e. The Morgan fingerprint density at radius 2 is 1.67 bits per heavy atom. The lowest BCUT2D eigenvalue weighted by atomic mass is 10.1. The monoisotopic (exact) mass is 278 g/mol. The van der Waals surface area contributed by atoms with Crippen molar-refractivity contribution >= 4 is 22.7 Å². The van der Waals surface area contributed by atoms with Crippen LogP contribution >= 0.6 is 0 Å². The summed E-state index contributed by atoms with van der Waals surface area (Å²) in [7, 11) is 0. The first-order chi connectivity index (χ1) is 10.1. The lowest BCUT2D eigenvalue weighted by Crippen LogP contribution is -2.12. The average molecular weight is 278 g/mol. The van der Waals surface area contributed by atoms with Crippen molar-refractivity contribution in [3.8, 4) is 0 Å². The maximum absolute atomic E-state index is 12.6. The molecular formula is C17H14N2O2. The van der Waals surface area contributed by atoms with Crippen LogP contribution in [0, 0.1) is 6.92 Å². The number of primary amides is 1. The Morgan fingerprint density at radius 1 is 1.00 bits per heavy atom. The van der Waals surface area contributed by atoms with Crippen molar-refractivity contribution in [1.29, 1.82) is 0 Å². The third-order valence-corrected chi connectivity index (χ3v) is 3.49. The number of hydrogen-bond donors (Lipinski definition) is 1. The second-order valence-electron chi connectivity index (χ2n) is 4.97. The fourth-order valence-corrected chi connectivity index (χ4v) is 2.38. The van der Waals surface area contributed by atoms with E-state index in [4.69, 9.17) is 5.73 Å². The Morgan fingerprint density at radius 3 is 2.33 bits per heavy atom. The van der Waals surface area contributed by atoms with Gasteiger partial charge >= 0.3 is 0 Å². The molecule has 1 heterocycles. The molecule has 0 bridgehead atoms. The minimum atomic E-state index is -0.540. The molecule has 4 nitrogen and oxygen atoms in total. The van der Waals surface area contributed by atoms with Gasteiger partial charge in [-0.3, -0.25) is 14.2 Å². The summed E-state index contributed by atoms with van der Waals surface area (Å²) >= 11 is 0. The van der Waals surface area contributed by atoms with Gasteiger partial charge in [-0.2, -0.15) is 0 Å². The molecular weight excluding hydrogens is 264 g/mol. The first-order valence-electron chi connectivity index (χ1n) is 6.59. The molecule has 2 aromatic carbocycles. The van der Waals surface area contributed by atoms with E-state index in [1.54, 1.807) is 24.3 Å². The fraction of sp³-hybridized carbons (Fsp3) is 0.0588. The molecule has 2 N–H and O–H groups in total. The van der Waals surface area contributed by atoms with E-state index in [9.17, 15) is 9.59 Å². The van der Waals surface area contributed by atoms with Gasteiger partial charge in [0.25, 0.3) is 11.8 Å². The Hall–Kier alpha value is -2.88. The molecule has 0 atom stereocenters. The molecule has 0 saturated carbocycles. The largest absolute Gasteiger partial charge is 0.366 e. The van der Waals surface area contributed by atoms with E-state index in [1.807, 2.05) is 31.2 Å². The second kappa shape index (κ2) is 4.90. The summed E-state index contributed by atoms with van der Waals surface area (Å²) in [5.41, 5.74) is 8.07. The van der Waals surface area contributed by atoms with Gasteiger partial charge in [0.2, 0.25) is 0 Å². The summed E-state index contributed by atoms with van der Waals surface area (Å²) in [5, 5.41) is 0.686. The summed E-state index contributed by atoms with van der Waals surface area (Å²) in [6.45, 7) is 1.96. The average Bonchev–Trinajstić information content (AvgIpc) is 2.87. The van der Waals surface area contributed by atoms with Crippen molar-refractivity contribution < 1.29 is 9.59 Å². The minimum Gasteiger partial charge on any atom is -0.366 e. The number of aryl methyl sites for hydroxylation is 1. The van der Waals surface area contributed by atoms with Crippen molar-refractivity contribution in [3.63, 3.8) is 0 Å². The van der Waals surface area contributed by atoms with Gasteiger partial charge < -0.3 is 5.73 Å². The number of para-hydroxylation sites is 1. The van der Waals surface area contributed by atoms with Gasteiger partial charge in [-0.1, -0.05) is 35.9 Å². The predicted molar refractivity (Wildman–Crippen MR) is 81.4 cm³/mol. The maximum Gasteiger partial charge on any atom is 0.262 e. The number of benzene rings is 2. The summed E-state index contributed by atoms with van der Waals surface area (Å²) in [4.78, 5) is 24.1. The van der Waals surface area contributed by atoms with Crippen LogP contribution in [0.1, 0.15) is 26.3 Å². The van der Waals surface area contributed by atoms with Gasteiger partial charge in [0, 0.05) is 17.1 Å². The van der Waals surface area contributed by atoms with E-state index >= 15 is 0 Å². The molecule has 0 unspecified atom stereocenters. The van der Waals surface area contributed by atoms with Gasteiger partial charge in [-0.25, -0.2) is 0 Å². The number of fused-ring (bicyclic) bond motifs is 1. The number of rotatable bonds is 2. The Bertz CT molecular complexity index is 845. The number of nitrogens with zero attached hydrogens (tertiary/aromatic N) is 1. The van der Waals surface area contributed by atoms with Crippen LogP contribution in [-0.2, 0) is 0 Å². The van der Waals surface area contributed by atoms with E-state index in [2.05, 4.69) is 0 Å². The summed E-state index contributed by atoms with van der Waals surface area (Å²) in [5.74, 6) is -0.722. The maximum atomic E-state index is 12.6. The van der Waals surface area contributed by atoms with Crippen LogP contribution in [-0.4, -0.2) is 16.4 Å². The molecule has 1 amide bonds. The van der Waals surface area contributed by atoms with E-state index in [0.29, 0.717) is 22.0 Å². The van der Waals surface area contributed by atoms with Crippen molar-refractivity contribution in [2.75, 3.05) is 0 Å². The molecule has 0 radical (unpaired) electrons. The minimum absolute atomic E-state index is 0.182. The normalized spacial score (nSPS) is 10.7. The molecule has 21 heavy (non-hydrogen) atoms. The molecule has 4 heteroatoms. The topological polar surface area (TPSA) is 65.1 Å². The van der Waals surface area contributed by atoms with Gasteiger partial charge in [0.05, 0.1) is 11.1 Å². The first kappa shape index (κ1) is 13.1. The van der Waals surface area contributed by atoms with Crippen LogP contribution in [0.15, 0.2) is 54.7 Å². The number of carbonyl (C=O) groups is 2. The molecule has 0 fully saturated rings. The standard InChI is InChI=1S/C17H14N2O2/c1-11-6-8-12(9-7-11)17(21)19-10-14(16(18)20)13-4-2-3-5-15(13)19/h2-10H,1H3,(H2,18,20). The van der Waals surface area contributed by atoms with E-state index in [1.165, 1.54) is 10.8 Å². The molecule has 0 aliphatic heterocycles. The number of amides is 1. The van der Waals surface area contributed by atoms with Gasteiger partial charge in [-0.15, -0.1) is 0 Å². The molecule has 0 aliphatic carbocycles. The summed E-state index contributed by atoms with van der Waals surface area (Å²) in [6, 6.07) is 14.5. The number of nitrogens with two attached hydrogens (primary N) is 1. The van der Waals surface area contributed by atoms with Gasteiger partial charge in [0.15, 0.2) is 0 Å². The molecule has 0 saturated heterocycles. The highest BCUT2D eigenvalue weighted by Crippen LogP contribution is 2.22. The molecule has 3 rings (SSSR count). The van der Waals surface area contributed by atoms with E-state index in [-0.39, 0.29) is 5.91 Å². The molecule has 3 aromatic rings. The highest BCUT2D eigenvalue weighted by atomic mass is 16.2. The number of carbonyl (C=O) groups excluding carboxylic acids is 2. The highest BCUT2D eigenvalue weighted by Gasteiger charge is 2.17. The highest BCUT2D eigenvalue weighted by molar-refractivity contribution is 6.11. The Kier molecular flexibility index (Phi) is 3.06. The molecule has 1 aromatic heterocycles. The molecule has 0 spiro atoms. The fourth-order valence-electron chi connectivity index (χ4n) is 2.38. The number of hydrogen-bond acceptors (Lipinski definition) is 2. The van der Waals surface area contributed by atoms with Crippen LogP contribution in [0.25, 0.3) is 10.9 Å². The van der Waals surface area contributed by atoms with Crippen LogP contribution in [0.3, 0.4) is 0 Å². The van der Waals surface area contributed by atoms with Crippen molar-refractivity contribution in [1.82, 2.24) is 4.57 Å². The second-order valence-corrected chi connectivity index (χ2v) is 4.97. The Balaban J connectivity index is 2.18. The summed E-state index contributed by atoms with van der Waals surface area (Å²) < 4.78 is 1.47. The quantitative estimate of drug-likeness (QED) is 0.783. The van der Waals surface area contributed by atoms with Crippen LogP contribution in [0.2, 0.25) is 0 Å². The van der Waals surface area contributed by atoms with E-state index in [0.717, 1.165) is 5.56 Å². The molecule has 104 valence electrons. The SMILES string of the molecule is Cc1ccc(C(=O)n2cc(C(N)=O)c3ccccc32)cc1. The third kappa shape index (κ3) is 2.21. The Labute approximate surface area is 121 Å². The molecule has 0 aliphatic rings. The van der Waals surface area contributed by atoms with Crippen LogP contribution in [0.4, 0.5) is 0 Å². The number of aromatic nitrogens is 1. The third-order valence-electron chi connectivity index (χ3n) is 3.49. The van der Waals surface area contributed by atoms with Crippen molar-refractivity contribution in [3.05, 3.63) is 71.4 Å². The zero-order valence-electron chi connectivity index (χ0n) is 11.5. The zero-order chi connectivity index (χ0) is 15.0. The van der Waals surface area contributed by atoms with Gasteiger partial charge in [0.1, 0.15) is 0 Å².